The van der Waals surface area contributed by atoms with E-state index < -0.39 is 11.9 Å². The van der Waals surface area contributed by atoms with Crippen molar-refractivity contribution in [2.24, 2.45) is 0 Å². The number of aromatic carboxylic acids is 2. The number of carboxylic acids is 2. The molecule has 16 heavy (non-hydrogen) atoms. The highest BCUT2D eigenvalue weighted by atomic mass is 16.4. The zero-order chi connectivity index (χ0) is 11.7. The summed E-state index contributed by atoms with van der Waals surface area (Å²) in [5.74, 6) is -2.60. The summed E-state index contributed by atoms with van der Waals surface area (Å²) in [6.45, 7) is 0. The molecule has 0 saturated carbocycles. The van der Waals surface area contributed by atoms with Gasteiger partial charge in [0.05, 0.1) is 16.6 Å². The Kier molecular flexibility index (Phi) is 2.24. The molecular weight excluding hydrogens is 212 g/mol. The Bertz CT molecular complexity index is 594. The van der Waals surface area contributed by atoms with E-state index in [-0.39, 0.29) is 16.5 Å². The van der Waals surface area contributed by atoms with Gasteiger partial charge in [-0.3, -0.25) is 0 Å². The number of nitrogens with zero attached hydrogens (tertiary/aromatic N) is 2. The quantitative estimate of drug-likeness (QED) is 0.780. The molecule has 6 nitrogen and oxygen atoms in total. The summed E-state index contributed by atoms with van der Waals surface area (Å²) in [5, 5.41) is 18.1. The van der Waals surface area contributed by atoms with Crippen LogP contribution in [0.4, 0.5) is 0 Å². The van der Waals surface area contributed by atoms with Crippen molar-refractivity contribution in [3.63, 3.8) is 0 Å². The van der Waals surface area contributed by atoms with Crippen molar-refractivity contribution < 1.29 is 19.8 Å². The predicted molar refractivity (Wildman–Crippen MR) is 53.5 cm³/mol. The predicted octanol–water partition coefficient (Wildman–Crippen LogP) is 1.03. The highest BCUT2D eigenvalue weighted by molar-refractivity contribution is 6.10. The molecule has 1 heterocycles. The normalized spacial score (nSPS) is 10.2. The number of benzene rings is 1. The fourth-order valence-electron chi connectivity index (χ4n) is 1.46. The first kappa shape index (κ1) is 10.0. The van der Waals surface area contributed by atoms with Crippen LogP contribution in [0.5, 0.6) is 0 Å². The lowest BCUT2D eigenvalue weighted by Crippen LogP contribution is -2.09. The SMILES string of the molecule is O=C(O)c1ccc2ncncc2c1C(=O)O. The summed E-state index contributed by atoms with van der Waals surface area (Å²) in [5.41, 5.74) is -0.155. The Balaban J connectivity index is 2.90. The van der Waals surface area contributed by atoms with E-state index in [0.29, 0.717) is 5.52 Å². The molecule has 0 spiro atoms. The van der Waals surface area contributed by atoms with Crippen LogP contribution in [0.2, 0.25) is 0 Å². The van der Waals surface area contributed by atoms with Gasteiger partial charge < -0.3 is 10.2 Å². The highest BCUT2D eigenvalue weighted by Crippen LogP contribution is 2.20. The summed E-state index contributed by atoms with van der Waals surface area (Å²) >= 11 is 0. The molecule has 0 atom stereocenters. The van der Waals surface area contributed by atoms with E-state index >= 15 is 0 Å². The molecule has 0 saturated heterocycles. The van der Waals surface area contributed by atoms with Crippen LogP contribution < -0.4 is 0 Å². The van der Waals surface area contributed by atoms with Crippen molar-refractivity contribution in [3.8, 4) is 0 Å². The maximum absolute atomic E-state index is 11.0. The van der Waals surface area contributed by atoms with Gasteiger partial charge in [-0.05, 0) is 12.1 Å². The van der Waals surface area contributed by atoms with Crippen LogP contribution in [0.1, 0.15) is 20.7 Å². The summed E-state index contributed by atoms with van der Waals surface area (Å²) < 4.78 is 0. The minimum absolute atomic E-state index is 0.218. The topological polar surface area (TPSA) is 100 Å². The van der Waals surface area contributed by atoms with Crippen molar-refractivity contribution >= 4 is 22.8 Å². The van der Waals surface area contributed by atoms with Gasteiger partial charge in [0.25, 0.3) is 0 Å². The molecule has 2 N–H and O–H groups in total. The molecule has 0 fully saturated rings. The van der Waals surface area contributed by atoms with Crippen LogP contribution in [-0.2, 0) is 0 Å². The number of hydrogen-bond acceptors (Lipinski definition) is 4. The van der Waals surface area contributed by atoms with Gasteiger partial charge in [-0.2, -0.15) is 0 Å². The van der Waals surface area contributed by atoms with Gasteiger partial charge in [-0.15, -0.1) is 0 Å². The van der Waals surface area contributed by atoms with Crippen LogP contribution in [0.3, 0.4) is 0 Å². The Morgan fingerprint density at radius 1 is 1.12 bits per heavy atom. The Labute approximate surface area is 89.2 Å². The molecule has 0 bridgehead atoms. The van der Waals surface area contributed by atoms with E-state index in [0.717, 1.165) is 0 Å². The van der Waals surface area contributed by atoms with Crippen molar-refractivity contribution in [2.75, 3.05) is 0 Å². The molecule has 2 rings (SSSR count). The lowest BCUT2D eigenvalue weighted by molar-refractivity contribution is 0.0653. The number of fused-ring (bicyclic) bond motifs is 1. The summed E-state index contributed by atoms with van der Waals surface area (Å²) in [7, 11) is 0. The fraction of sp³-hybridized carbons (Fsp3) is 0. The number of carboxylic acid groups (broad SMARTS) is 2. The van der Waals surface area contributed by atoms with Crippen molar-refractivity contribution in [3.05, 3.63) is 35.8 Å². The molecule has 2 aromatic rings. The van der Waals surface area contributed by atoms with E-state index in [9.17, 15) is 9.59 Å². The average Bonchev–Trinajstić information content (AvgIpc) is 2.27. The van der Waals surface area contributed by atoms with Crippen molar-refractivity contribution in [1.82, 2.24) is 9.97 Å². The van der Waals surface area contributed by atoms with Gasteiger partial charge in [-0.25, -0.2) is 19.6 Å². The van der Waals surface area contributed by atoms with Crippen LogP contribution >= 0.6 is 0 Å². The molecule has 1 aromatic heterocycles. The van der Waals surface area contributed by atoms with E-state index in [1.165, 1.54) is 24.7 Å². The smallest absolute Gasteiger partial charge is 0.337 e. The van der Waals surface area contributed by atoms with Gasteiger partial charge in [0.1, 0.15) is 6.33 Å². The minimum atomic E-state index is -1.31. The largest absolute Gasteiger partial charge is 0.478 e. The molecule has 0 aliphatic rings. The average molecular weight is 218 g/mol. The van der Waals surface area contributed by atoms with Crippen molar-refractivity contribution in [2.45, 2.75) is 0 Å². The third kappa shape index (κ3) is 1.46. The standard InChI is InChI=1S/C10H6N2O4/c13-9(14)5-1-2-7-6(3-11-4-12-7)8(5)10(15)16/h1-4H,(H,13,14)(H,15,16). The molecule has 1 aromatic carbocycles. The van der Waals surface area contributed by atoms with Crippen LogP contribution in [0.15, 0.2) is 24.7 Å². The summed E-state index contributed by atoms with van der Waals surface area (Å²) in [6.07, 6.45) is 2.56. The maximum Gasteiger partial charge on any atom is 0.337 e. The zero-order valence-corrected chi connectivity index (χ0v) is 7.91. The third-order valence-corrected chi connectivity index (χ3v) is 2.13. The number of hydrogen-bond donors (Lipinski definition) is 2. The molecule has 6 heteroatoms. The summed E-state index contributed by atoms with van der Waals surface area (Å²) in [6, 6.07) is 2.67. The second kappa shape index (κ2) is 3.58. The third-order valence-electron chi connectivity index (χ3n) is 2.13. The number of aromatic nitrogens is 2. The zero-order valence-electron chi connectivity index (χ0n) is 7.91. The second-order valence-electron chi connectivity index (χ2n) is 3.05. The molecule has 0 aliphatic carbocycles. The monoisotopic (exact) mass is 218 g/mol. The summed E-state index contributed by atoms with van der Waals surface area (Å²) in [4.78, 5) is 29.4. The molecule has 0 radical (unpaired) electrons. The first-order valence-electron chi connectivity index (χ1n) is 4.30. The first-order valence-corrected chi connectivity index (χ1v) is 4.30. The van der Waals surface area contributed by atoms with Crippen LogP contribution in [-0.4, -0.2) is 32.1 Å². The Morgan fingerprint density at radius 2 is 1.88 bits per heavy atom. The van der Waals surface area contributed by atoms with Gasteiger partial charge in [-0.1, -0.05) is 0 Å². The van der Waals surface area contributed by atoms with E-state index in [1.54, 1.807) is 0 Å². The van der Waals surface area contributed by atoms with E-state index in [4.69, 9.17) is 10.2 Å². The van der Waals surface area contributed by atoms with Gasteiger partial charge in [0, 0.05) is 11.6 Å². The number of carbonyl (C=O) groups is 2. The van der Waals surface area contributed by atoms with Gasteiger partial charge in [0.15, 0.2) is 0 Å². The van der Waals surface area contributed by atoms with Gasteiger partial charge >= 0.3 is 11.9 Å². The molecule has 0 unspecified atom stereocenters. The molecular formula is C10H6N2O4. The maximum atomic E-state index is 11.0. The van der Waals surface area contributed by atoms with Crippen LogP contribution in [0, 0.1) is 0 Å². The highest BCUT2D eigenvalue weighted by Gasteiger charge is 2.19. The van der Waals surface area contributed by atoms with Crippen molar-refractivity contribution in [1.29, 1.82) is 0 Å². The molecule has 0 amide bonds. The number of rotatable bonds is 2. The van der Waals surface area contributed by atoms with E-state index in [2.05, 4.69) is 9.97 Å². The first-order chi connectivity index (χ1) is 7.61. The van der Waals surface area contributed by atoms with Crippen LogP contribution in [0.25, 0.3) is 10.9 Å². The molecule has 80 valence electrons. The fourth-order valence-corrected chi connectivity index (χ4v) is 1.46. The lowest BCUT2D eigenvalue weighted by Gasteiger charge is -2.04. The molecule has 0 aliphatic heterocycles. The minimum Gasteiger partial charge on any atom is -0.478 e. The van der Waals surface area contributed by atoms with Gasteiger partial charge in [0.2, 0.25) is 0 Å². The lowest BCUT2D eigenvalue weighted by atomic mass is 10.0. The Hall–Kier alpha value is -2.50. The Morgan fingerprint density at radius 3 is 2.50 bits per heavy atom. The second-order valence-corrected chi connectivity index (χ2v) is 3.05. The van der Waals surface area contributed by atoms with E-state index in [1.807, 2.05) is 0 Å².